The van der Waals surface area contributed by atoms with Gasteiger partial charge in [0.2, 0.25) is 5.91 Å². The zero-order chi connectivity index (χ0) is 14.4. The quantitative estimate of drug-likeness (QED) is 0.743. The SMILES string of the molecule is O=C(CNc1ccccc1)NC1(C(=O)O)CCOCC1. The fourth-order valence-corrected chi connectivity index (χ4v) is 2.16. The van der Waals surface area contributed by atoms with E-state index >= 15 is 0 Å². The molecule has 3 N–H and O–H groups in total. The Hall–Kier alpha value is -2.08. The van der Waals surface area contributed by atoms with Crippen molar-refractivity contribution in [2.45, 2.75) is 18.4 Å². The molecular formula is C14H18N2O4. The molecule has 0 aliphatic carbocycles. The predicted octanol–water partition coefficient (Wildman–Crippen LogP) is 0.848. The van der Waals surface area contributed by atoms with E-state index < -0.39 is 11.5 Å². The van der Waals surface area contributed by atoms with Crippen LogP contribution < -0.4 is 10.6 Å². The Bertz CT molecular complexity index is 469. The number of carboxylic acids is 1. The molecule has 0 unspecified atom stereocenters. The average molecular weight is 278 g/mol. The smallest absolute Gasteiger partial charge is 0.329 e. The fourth-order valence-electron chi connectivity index (χ4n) is 2.16. The van der Waals surface area contributed by atoms with Gasteiger partial charge in [-0.2, -0.15) is 0 Å². The molecule has 0 bridgehead atoms. The summed E-state index contributed by atoms with van der Waals surface area (Å²) in [4.78, 5) is 23.3. The molecule has 1 saturated heterocycles. The third-order valence-corrected chi connectivity index (χ3v) is 3.36. The van der Waals surface area contributed by atoms with Gasteiger partial charge in [0.15, 0.2) is 0 Å². The molecule has 1 heterocycles. The van der Waals surface area contributed by atoms with Crippen molar-refractivity contribution in [1.82, 2.24) is 5.32 Å². The maximum Gasteiger partial charge on any atom is 0.329 e. The number of carbonyl (C=O) groups excluding carboxylic acids is 1. The molecule has 0 aromatic heterocycles. The minimum atomic E-state index is -1.20. The second-order valence-electron chi connectivity index (χ2n) is 4.77. The number of carboxylic acid groups (broad SMARTS) is 1. The number of carbonyl (C=O) groups is 2. The number of hydrogen-bond donors (Lipinski definition) is 3. The molecule has 20 heavy (non-hydrogen) atoms. The molecule has 0 radical (unpaired) electrons. The van der Waals surface area contributed by atoms with Crippen molar-refractivity contribution < 1.29 is 19.4 Å². The molecule has 1 aromatic carbocycles. The number of ether oxygens (including phenoxy) is 1. The Balaban J connectivity index is 1.90. The number of amides is 1. The van der Waals surface area contributed by atoms with E-state index in [-0.39, 0.29) is 12.5 Å². The first kappa shape index (κ1) is 14.3. The second kappa shape index (κ2) is 6.38. The first-order valence-corrected chi connectivity index (χ1v) is 6.53. The lowest BCUT2D eigenvalue weighted by molar-refractivity contribution is -0.151. The zero-order valence-electron chi connectivity index (χ0n) is 11.1. The topological polar surface area (TPSA) is 87.7 Å². The summed E-state index contributed by atoms with van der Waals surface area (Å²) >= 11 is 0. The lowest BCUT2D eigenvalue weighted by Gasteiger charge is -2.33. The minimum absolute atomic E-state index is 0.0416. The largest absolute Gasteiger partial charge is 0.480 e. The molecule has 6 heteroatoms. The number of benzene rings is 1. The number of hydrogen-bond acceptors (Lipinski definition) is 4. The molecule has 0 saturated carbocycles. The van der Waals surface area contributed by atoms with Gasteiger partial charge in [-0.3, -0.25) is 4.79 Å². The lowest BCUT2D eigenvalue weighted by Crippen LogP contribution is -2.58. The van der Waals surface area contributed by atoms with E-state index in [4.69, 9.17) is 4.74 Å². The van der Waals surface area contributed by atoms with E-state index in [1.54, 1.807) is 0 Å². The van der Waals surface area contributed by atoms with Gasteiger partial charge in [-0.1, -0.05) is 18.2 Å². The van der Waals surface area contributed by atoms with Crippen molar-refractivity contribution in [3.8, 4) is 0 Å². The van der Waals surface area contributed by atoms with Crippen LogP contribution in [0, 0.1) is 0 Å². The van der Waals surface area contributed by atoms with Crippen LogP contribution in [0.2, 0.25) is 0 Å². The summed E-state index contributed by atoms with van der Waals surface area (Å²) in [6.07, 6.45) is 0.582. The number of rotatable bonds is 5. The van der Waals surface area contributed by atoms with Crippen molar-refractivity contribution >= 4 is 17.6 Å². The highest BCUT2D eigenvalue weighted by molar-refractivity contribution is 5.89. The fraction of sp³-hybridized carbons (Fsp3) is 0.429. The van der Waals surface area contributed by atoms with E-state index in [1.807, 2.05) is 30.3 Å². The highest BCUT2D eigenvalue weighted by atomic mass is 16.5. The molecule has 108 valence electrons. The first-order chi connectivity index (χ1) is 9.62. The molecular weight excluding hydrogens is 260 g/mol. The molecule has 0 spiro atoms. The molecule has 1 aromatic rings. The Morgan fingerprint density at radius 2 is 1.85 bits per heavy atom. The van der Waals surface area contributed by atoms with Crippen molar-refractivity contribution in [2.24, 2.45) is 0 Å². The number of anilines is 1. The summed E-state index contributed by atoms with van der Waals surface area (Å²) in [5.41, 5.74) is -0.382. The normalized spacial score (nSPS) is 17.2. The van der Waals surface area contributed by atoms with Crippen LogP contribution in [0.3, 0.4) is 0 Å². The van der Waals surface area contributed by atoms with Crippen LogP contribution in [0.4, 0.5) is 5.69 Å². The monoisotopic (exact) mass is 278 g/mol. The van der Waals surface area contributed by atoms with Crippen LogP contribution in [-0.2, 0) is 14.3 Å². The van der Waals surface area contributed by atoms with Gasteiger partial charge in [0.05, 0.1) is 6.54 Å². The summed E-state index contributed by atoms with van der Waals surface area (Å²) in [6.45, 7) is 0.733. The molecule has 1 aliphatic rings. The van der Waals surface area contributed by atoms with E-state index in [2.05, 4.69) is 10.6 Å². The number of nitrogens with one attached hydrogen (secondary N) is 2. The van der Waals surface area contributed by atoms with Gasteiger partial charge in [-0.15, -0.1) is 0 Å². The molecule has 0 atom stereocenters. The predicted molar refractivity (Wildman–Crippen MR) is 73.5 cm³/mol. The van der Waals surface area contributed by atoms with Gasteiger partial charge in [-0.25, -0.2) is 4.79 Å². The lowest BCUT2D eigenvalue weighted by atomic mass is 9.90. The molecule has 1 aliphatic heterocycles. The average Bonchev–Trinajstić information content (AvgIpc) is 2.47. The van der Waals surface area contributed by atoms with Crippen LogP contribution in [-0.4, -0.2) is 42.3 Å². The maximum atomic E-state index is 11.9. The van der Waals surface area contributed by atoms with Crippen molar-refractivity contribution in [2.75, 3.05) is 25.1 Å². The first-order valence-electron chi connectivity index (χ1n) is 6.53. The highest BCUT2D eigenvalue weighted by Gasteiger charge is 2.41. The number of para-hydroxylation sites is 1. The van der Waals surface area contributed by atoms with E-state index in [1.165, 1.54) is 0 Å². The van der Waals surface area contributed by atoms with Crippen LogP contribution in [0.5, 0.6) is 0 Å². The second-order valence-corrected chi connectivity index (χ2v) is 4.77. The van der Waals surface area contributed by atoms with Crippen LogP contribution in [0.15, 0.2) is 30.3 Å². The Morgan fingerprint density at radius 3 is 2.45 bits per heavy atom. The van der Waals surface area contributed by atoms with Gasteiger partial charge in [0.25, 0.3) is 0 Å². The molecule has 1 amide bonds. The standard InChI is InChI=1S/C14H18N2O4/c17-12(10-15-11-4-2-1-3-5-11)16-14(13(18)19)6-8-20-9-7-14/h1-5,15H,6-10H2,(H,16,17)(H,18,19). The molecule has 2 rings (SSSR count). The van der Waals surface area contributed by atoms with Crippen molar-refractivity contribution in [3.63, 3.8) is 0 Å². The van der Waals surface area contributed by atoms with Crippen molar-refractivity contribution in [3.05, 3.63) is 30.3 Å². The minimum Gasteiger partial charge on any atom is -0.480 e. The van der Waals surface area contributed by atoms with Gasteiger partial charge in [0.1, 0.15) is 5.54 Å². The Kier molecular flexibility index (Phi) is 4.57. The third kappa shape index (κ3) is 3.48. The van der Waals surface area contributed by atoms with E-state index in [0.29, 0.717) is 26.1 Å². The number of aliphatic carboxylic acids is 1. The van der Waals surface area contributed by atoms with Gasteiger partial charge in [0, 0.05) is 31.7 Å². The maximum absolute atomic E-state index is 11.9. The highest BCUT2D eigenvalue weighted by Crippen LogP contribution is 2.21. The van der Waals surface area contributed by atoms with Gasteiger partial charge in [-0.05, 0) is 12.1 Å². The van der Waals surface area contributed by atoms with Crippen molar-refractivity contribution in [1.29, 1.82) is 0 Å². The van der Waals surface area contributed by atoms with Gasteiger partial charge < -0.3 is 20.5 Å². The summed E-state index contributed by atoms with van der Waals surface area (Å²) in [5.74, 6) is -1.34. The summed E-state index contributed by atoms with van der Waals surface area (Å²) in [7, 11) is 0. The van der Waals surface area contributed by atoms with E-state index in [0.717, 1.165) is 5.69 Å². The molecule has 1 fully saturated rings. The third-order valence-electron chi connectivity index (χ3n) is 3.36. The Morgan fingerprint density at radius 1 is 1.20 bits per heavy atom. The summed E-state index contributed by atoms with van der Waals surface area (Å²) in [5, 5.41) is 14.9. The van der Waals surface area contributed by atoms with Crippen LogP contribution >= 0.6 is 0 Å². The van der Waals surface area contributed by atoms with Crippen LogP contribution in [0.25, 0.3) is 0 Å². The van der Waals surface area contributed by atoms with Crippen LogP contribution in [0.1, 0.15) is 12.8 Å². The van der Waals surface area contributed by atoms with Gasteiger partial charge >= 0.3 is 5.97 Å². The zero-order valence-corrected chi connectivity index (χ0v) is 11.1. The summed E-state index contributed by atoms with van der Waals surface area (Å²) in [6, 6.07) is 9.28. The van der Waals surface area contributed by atoms with E-state index in [9.17, 15) is 14.7 Å². The molecule has 6 nitrogen and oxygen atoms in total. The summed E-state index contributed by atoms with van der Waals surface area (Å²) < 4.78 is 5.16. The Labute approximate surface area is 117 Å².